The number of phosphoric ester groups is 1. The van der Waals surface area contributed by atoms with Crippen LogP contribution < -0.4 is 11.4 Å². The van der Waals surface area contributed by atoms with Crippen molar-refractivity contribution in [3.63, 3.8) is 0 Å². The summed E-state index contributed by atoms with van der Waals surface area (Å²) in [7, 11) is -17.0. The minimum absolute atomic E-state index is 0.323. The first-order chi connectivity index (χ1) is 14.0. The smallest absolute Gasteiger partial charge is 0.387 e. The molecule has 3 unspecified atom stereocenters. The molecule has 6 atom stereocenters. The number of hydrogen-bond acceptors (Lipinski definition) is 13. The molecular formula is C9H16FN4O14P3. The third kappa shape index (κ3) is 6.43. The van der Waals surface area contributed by atoms with Gasteiger partial charge in [-0.05, 0) is 0 Å². The molecule has 1 aromatic rings. The standard InChI is InChI=1S/C9H16FN4O14P3/c10-3-9(17)6(15)4(26-7(9)14-8(16)13-5(11)1-12-14)2-25-30(21,22)28-31(23,24)27-29(18,19)20/h1,4,6-7,15,17H,2-3H2,(H,21,22)(H,23,24)(H2,11,13,16)(H2,18,19,20)/t4-,6?,7-,9-/m1/s1. The monoisotopic (exact) mass is 516 g/mol. The van der Waals surface area contributed by atoms with Gasteiger partial charge in [0.25, 0.3) is 0 Å². The molecule has 1 aliphatic rings. The number of halogens is 1. The second-order valence-corrected chi connectivity index (χ2v) is 10.3. The van der Waals surface area contributed by atoms with Crippen molar-refractivity contribution in [1.82, 2.24) is 14.8 Å². The average molecular weight is 516 g/mol. The van der Waals surface area contributed by atoms with E-state index in [0.717, 1.165) is 6.20 Å². The van der Waals surface area contributed by atoms with Crippen molar-refractivity contribution >= 4 is 29.3 Å². The molecule has 31 heavy (non-hydrogen) atoms. The Balaban J connectivity index is 2.17. The Morgan fingerprint density at radius 3 is 2.35 bits per heavy atom. The zero-order valence-corrected chi connectivity index (χ0v) is 17.5. The largest absolute Gasteiger partial charge is 0.490 e. The zero-order valence-electron chi connectivity index (χ0n) is 14.8. The summed E-state index contributed by atoms with van der Waals surface area (Å²) in [5, 5.41) is 24.0. The summed E-state index contributed by atoms with van der Waals surface area (Å²) in [6, 6.07) is 0. The highest BCUT2D eigenvalue weighted by Crippen LogP contribution is 2.66. The molecule has 1 fully saturated rings. The lowest BCUT2D eigenvalue weighted by atomic mass is 9.96. The number of phosphoric acid groups is 3. The Bertz CT molecular complexity index is 1020. The number of aliphatic hydroxyl groups excluding tert-OH is 1. The van der Waals surface area contributed by atoms with Gasteiger partial charge < -0.3 is 40.3 Å². The van der Waals surface area contributed by atoms with Gasteiger partial charge in [0.1, 0.15) is 24.7 Å². The summed E-state index contributed by atoms with van der Waals surface area (Å²) < 4.78 is 63.7. The molecule has 0 radical (unpaired) electrons. The van der Waals surface area contributed by atoms with Crippen molar-refractivity contribution in [1.29, 1.82) is 0 Å². The number of hydrogen-bond donors (Lipinski definition) is 7. The second-order valence-electron chi connectivity index (χ2n) is 5.89. The number of anilines is 1. The maximum absolute atomic E-state index is 13.5. The molecule has 0 aliphatic carbocycles. The molecule has 8 N–H and O–H groups in total. The first kappa shape index (κ1) is 26.1. The van der Waals surface area contributed by atoms with Gasteiger partial charge in [-0.2, -0.15) is 23.4 Å². The second kappa shape index (κ2) is 8.99. The molecule has 2 rings (SSSR count). The minimum atomic E-state index is -5.80. The van der Waals surface area contributed by atoms with Gasteiger partial charge in [0.05, 0.1) is 12.8 Å². The van der Waals surface area contributed by atoms with E-state index in [9.17, 15) is 38.0 Å². The van der Waals surface area contributed by atoms with E-state index in [-0.39, 0.29) is 5.82 Å². The summed E-state index contributed by atoms with van der Waals surface area (Å²) >= 11 is 0. The lowest BCUT2D eigenvalue weighted by Gasteiger charge is -2.27. The number of nitrogen functional groups attached to an aromatic ring is 1. The zero-order chi connectivity index (χ0) is 23.8. The fourth-order valence-corrected chi connectivity index (χ4v) is 5.39. The van der Waals surface area contributed by atoms with Crippen LogP contribution in [0.3, 0.4) is 0 Å². The molecule has 2 heterocycles. The van der Waals surface area contributed by atoms with E-state index < -0.39 is 66.5 Å². The normalized spacial score (nSPS) is 30.6. The number of rotatable bonds is 9. The fraction of sp³-hybridized carbons (Fsp3) is 0.667. The molecule has 1 aromatic heterocycles. The summed E-state index contributed by atoms with van der Waals surface area (Å²) in [6.07, 6.45) is -5.22. The predicted molar refractivity (Wildman–Crippen MR) is 91.4 cm³/mol. The number of ether oxygens (including phenoxy) is 1. The molecule has 22 heteroatoms. The summed E-state index contributed by atoms with van der Waals surface area (Å²) in [5.74, 6) is -0.326. The maximum Gasteiger partial charge on any atom is 0.490 e. The summed E-state index contributed by atoms with van der Waals surface area (Å²) in [4.78, 5) is 50.5. The van der Waals surface area contributed by atoms with E-state index >= 15 is 0 Å². The van der Waals surface area contributed by atoms with Gasteiger partial charge >= 0.3 is 29.2 Å². The van der Waals surface area contributed by atoms with Gasteiger partial charge in [-0.15, -0.1) is 0 Å². The highest BCUT2D eigenvalue weighted by atomic mass is 31.3. The van der Waals surface area contributed by atoms with Crippen LogP contribution in [0.2, 0.25) is 0 Å². The quantitative estimate of drug-likeness (QED) is 0.167. The third-order valence-electron chi connectivity index (χ3n) is 3.58. The van der Waals surface area contributed by atoms with Crippen LogP contribution in [0, 0.1) is 0 Å². The van der Waals surface area contributed by atoms with Gasteiger partial charge in [0.2, 0.25) is 0 Å². The number of nitrogens with two attached hydrogens (primary N) is 1. The molecule has 0 aromatic carbocycles. The lowest BCUT2D eigenvalue weighted by molar-refractivity contribution is -0.126. The first-order valence-corrected chi connectivity index (χ1v) is 12.1. The van der Waals surface area contributed by atoms with Gasteiger partial charge in [-0.3, -0.25) is 4.52 Å². The van der Waals surface area contributed by atoms with E-state index in [0.29, 0.717) is 4.68 Å². The van der Waals surface area contributed by atoms with Crippen molar-refractivity contribution in [2.45, 2.75) is 24.0 Å². The molecule has 0 spiro atoms. The lowest BCUT2D eigenvalue weighted by Crippen LogP contribution is -2.51. The van der Waals surface area contributed by atoms with Gasteiger partial charge in [0, 0.05) is 0 Å². The molecule has 1 saturated heterocycles. The molecular weight excluding hydrogens is 500 g/mol. The Kier molecular flexibility index (Phi) is 7.57. The highest BCUT2D eigenvalue weighted by molar-refractivity contribution is 7.66. The third-order valence-corrected chi connectivity index (χ3v) is 7.39. The van der Waals surface area contributed by atoms with E-state index in [2.05, 4.69) is 23.2 Å². The number of nitrogens with zero attached hydrogens (tertiary/aromatic N) is 3. The van der Waals surface area contributed by atoms with Crippen LogP contribution in [-0.4, -0.2) is 75.6 Å². The Morgan fingerprint density at radius 2 is 1.84 bits per heavy atom. The van der Waals surface area contributed by atoms with E-state index in [1.54, 1.807) is 0 Å². The van der Waals surface area contributed by atoms with Crippen LogP contribution in [0.25, 0.3) is 0 Å². The summed E-state index contributed by atoms with van der Waals surface area (Å²) in [6.45, 7) is -2.93. The van der Waals surface area contributed by atoms with E-state index in [4.69, 9.17) is 25.2 Å². The molecule has 0 saturated carbocycles. The Labute approximate surface area is 170 Å². The van der Waals surface area contributed by atoms with Crippen LogP contribution >= 0.6 is 23.5 Å². The van der Waals surface area contributed by atoms with E-state index in [1.165, 1.54) is 0 Å². The van der Waals surface area contributed by atoms with Gasteiger partial charge in [-0.1, -0.05) is 0 Å². The molecule has 178 valence electrons. The van der Waals surface area contributed by atoms with Crippen LogP contribution in [0.4, 0.5) is 10.2 Å². The van der Waals surface area contributed by atoms with Crippen molar-refractivity contribution in [2.75, 3.05) is 19.0 Å². The van der Waals surface area contributed by atoms with Crippen LogP contribution in [-0.2, 0) is 31.6 Å². The van der Waals surface area contributed by atoms with Crippen molar-refractivity contribution in [3.05, 3.63) is 16.7 Å². The van der Waals surface area contributed by atoms with Gasteiger partial charge in [-0.25, -0.2) is 22.9 Å². The SMILES string of the molecule is Nc1cnn([C@@H]2O[C@H](COP(=O)(O)OP(=O)(O)OP(=O)(O)O)C(O)[C@]2(O)CF)c(=O)n1. The average Bonchev–Trinajstić information content (AvgIpc) is 2.82. The number of alkyl halides is 1. The van der Waals surface area contributed by atoms with Crippen molar-refractivity contribution in [3.8, 4) is 0 Å². The molecule has 1 aliphatic heterocycles. The van der Waals surface area contributed by atoms with Crippen molar-refractivity contribution < 1.29 is 65.8 Å². The highest BCUT2D eigenvalue weighted by Gasteiger charge is 2.58. The van der Waals surface area contributed by atoms with Crippen LogP contribution in [0.5, 0.6) is 0 Å². The Hall–Kier alpha value is -1.17. The van der Waals surface area contributed by atoms with Crippen LogP contribution in [0.1, 0.15) is 6.23 Å². The van der Waals surface area contributed by atoms with Crippen molar-refractivity contribution in [2.24, 2.45) is 0 Å². The molecule has 0 amide bonds. The number of aromatic nitrogens is 3. The van der Waals surface area contributed by atoms with Crippen LogP contribution in [0.15, 0.2) is 11.0 Å². The molecule has 0 bridgehead atoms. The Morgan fingerprint density at radius 1 is 1.23 bits per heavy atom. The van der Waals surface area contributed by atoms with E-state index in [1.807, 2.05) is 0 Å². The maximum atomic E-state index is 13.5. The predicted octanol–water partition coefficient (Wildman–Crippen LogP) is -2.48. The molecule has 18 nitrogen and oxygen atoms in total. The number of aliphatic hydroxyl groups is 2. The minimum Gasteiger partial charge on any atom is -0.387 e. The summed E-state index contributed by atoms with van der Waals surface area (Å²) in [5.41, 5.74) is 1.23. The topological polar surface area (TPSA) is 283 Å². The fourth-order valence-electron chi connectivity index (χ4n) is 2.36. The first-order valence-electron chi connectivity index (χ1n) is 7.61. The van der Waals surface area contributed by atoms with Gasteiger partial charge in [0.15, 0.2) is 11.8 Å².